The third-order valence-electron chi connectivity index (χ3n) is 6.60. The number of aliphatic hydroxyl groups is 2. The van der Waals surface area contributed by atoms with Crippen LogP contribution in [0.15, 0.2) is 22.6 Å². The number of aliphatic hydroxyl groups excluding tert-OH is 1. The van der Waals surface area contributed by atoms with Gasteiger partial charge in [-0.3, -0.25) is 4.79 Å². The molecule has 0 spiro atoms. The number of benzene rings is 1. The van der Waals surface area contributed by atoms with Crippen LogP contribution in [-0.2, 0) is 6.18 Å². The number of amides is 1. The van der Waals surface area contributed by atoms with Crippen molar-refractivity contribution < 1.29 is 32.6 Å². The molecule has 1 aromatic carbocycles. The van der Waals surface area contributed by atoms with E-state index in [0.29, 0.717) is 55.9 Å². The van der Waals surface area contributed by atoms with Crippen LogP contribution in [0.25, 0.3) is 11.0 Å². The second kappa shape index (κ2) is 8.35. The molecule has 1 fully saturated rings. The van der Waals surface area contributed by atoms with Gasteiger partial charge >= 0.3 is 6.18 Å². The molecule has 0 unspecified atom stereocenters. The van der Waals surface area contributed by atoms with Gasteiger partial charge in [-0.2, -0.15) is 13.2 Å². The summed E-state index contributed by atoms with van der Waals surface area (Å²) >= 11 is 0. The smallest absolute Gasteiger partial charge is 0.416 e. The lowest BCUT2D eigenvalue weighted by molar-refractivity contribution is -0.137. The maximum absolute atomic E-state index is 13.3. The maximum Gasteiger partial charge on any atom is 0.416 e. The van der Waals surface area contributed by atoms with Gasteiger partial charge in [0.15, 0.2) is 0 Å². The van der Waals surface area contributed by atoms with Crippen LogP contribution in [0.1, 0.15) is 54.6 Å². The van der Waals surface area contributed by atoms with E-state index in [4.69, 9.17) is 9.52 Å². The van der Waals surface area contributed by atoms with Crippen LogP contribution in [0.3, 0.4) is 0 Å². The fourth-order valence-corrected chi connectivity index (χ4v) is 4.75. The fraction of sp³-hybridized carbons (Fsp3) is 0.591. The van der Waals surface area contributed by atoms with Crippen molar-refractivity contribution in [3.05, 3.63) is 29.5 Å². The highest BCUT2D eigenvalue weighted by atomic mass is 19.4. The monoisotopic (exact) mass is 440 g/mol. The molecule has 0 radical (unpaired) electrons. The van der Waals surface area contributed by atoms with Crippen molar-refractivity contribution in [2.75, 3.05) is 31.1 Å². The van der Waals surface area contributed by atoms with Gasteiger partial charge in [0.1, 0.15) is 5.58 Å². The van der Waals surface area contributed by atoms with Gasteiger partial charge in [0, 0.05) is 31.6 Å². The summed E-state index contributed by atoms with van der Waals surface area (Å²) in [4.78, 5) is 14.4. The Labute approximate surface area is 178 Å². The number of nitrogens with one attached hydrogen (secondary N) is 1. The minimum atomic E-state index is -4.48. The number of alkyl halides is 3. The van der Waals surface area contributed by atoms with Gasteiger partial charge in [-0.1, -0.05) is 0 Å². The van der Waals surface area contributed by atoms with Crippen LogP contribution in [-0.4, -0.2) is 48.0 Å². The van der Waals surface area contributed by atoms with Crippen molar-refractivity contribution in [3.63, 3.8) is 0 Å². The molecular formula is C22H27F3N2O4. The topological polar surface area (TPSA) is 85.9 Å². The molecular weight excluding hydrogens is 413 g/mol. The number of hydrogen-bond donors (Lipinski definition) is 3. The predicted octanol–water partition coefficient (Wildman–Crippen LogP) is 3.70. The first kappa shape index (κ1) is 22.0. The Bertz CT molecular complexity index is 948. The zero-order valence-electron chi connectivity index (χ0n) is 17.2. The van der Waals surface area contributed by atoms with Crippen LogP contribution in [0.2, 0.25) is 0 Å². The largest absolute Gasteiger partial charge is 0.449 e. The van der Waals surface area contributed by atoms with Crippen molar-refractivity contribution in [2.24, 2.45) is 5.92 Å². The van der Waals surface area contributed by atoms with E-state index in [9.17, 15) is 23.1 Å². The van der Waals surface area contributed by atoms with Gasteiger partial charge in [0.05, 0.1) is 16.9 Å². The van der Waals surface area contributed by atoms with Crippen molar-refractivity contribution in [1.29, 1.82) is 0 Å². The van der Waals surface area contributed by atoms with Gasteiger partial charge in [-0.05, 0) is 62.6 Å². The first-order valence-corrected chi connectivity index (χ1v) is 10.7. The molecule has 0 atom stereocenters. The molecule has 2 heterocycles. The van der Waals surface area contributed by atoms with E-state index >= 15 is 0 Å². The maximum atomic E-state index is 13.3. The van der Waals surface area contributed by atoms with E-state index in [0.717, 1.165) is 31.4 Å². The lowest BCUT2D eigenvalue weighted by Crippen LogP contribution is -2.36. The fourth-order valence-electron chi connectivity index (χ4n) is 4.75. The normalized spacial score (nSPS) is 24.7. The predicted molar refractivity (Wildman–Crippen MR) is 109 cm³/mol. The summed E-state index contributed by atoms with van der Waals surface area (Å²) in [6, 6.07) is 3.28. The van der Waals surface area contributed by atoms with E-state index < -0.39 is 23.2 Å². The molecule has 0 saturated heterocycles. The van der Waals surface area contributed by atoms with Crippen LogP contribution >= 0.6 is 0 Å². The number of carbonyl (C=O) groups is 1. The number of fused-ring (bicyclic) bond motifs is 3. The number of carbonyl (C=O) groups excluding carboxylic acids is 1. The molecule has 4 rings (SSSR count). The minimum Gasteiger partial charge on any atom is -0.449 e. The Kier molecular flexibility index (Phi) is 5.91. The molecule has 1 aromatic heterocycles. The number of rotatable bonds is 5. The SMILES string of the molecule is O=C1NCCN(CC[C@H]2CC[C@@](O)(CCO)CC2)c2c1oc1ccc(C(F)(F)F)cc21. The first-order valence-electron chi connectivity index (χ1n) is 10.7. The van der Waals surface area contributed by atoms with Gasteiger partial charge in [0.2, 0.25) is 5.76 Å². The Morgan fingerprint density at radius 2 is 2.00 bits per heavy atom. The van der Waals surface area contributed by atoms with E-state index in [2.05, 4.69) is 5.32 Å². The zero-order valence-corrected chi connectivity index (χ0v) is 17.2. The van der Waals surface area contributed by atoms with E-state index in [-0.39, 0.29) is 18.0 Å². The summed E-state index contributed by atoms with van der Waals surface area (Å²) in [5, 5.41) is 22.6. The van der Waals surface area contributed by atoms with Gasteiger partial charge in [0.25, 0.3) is 5.91 Å². The molecule has 2 aromatic rings. The second-order valence-electron chi connectivity index (χ2n) is 8.66. The molecule has 0 bridgehead atoms. The van der Waals surface area contributed by atoms with Crippen LogP contribution in [0.4, 0.5) is 18.9 Å². The van der Waals surface area contributed by atoms with E-state index in [1.807, 2.05) is 4.90 Å². The highest BCUT2D eigenvalue weighted by molar-refractivity contribution is 6.07. The summed E-state index contributed by atoms with van der Waals surface area (Å²) in [6.07, 6.45) is -0.374. The van der Waals surface area contributed by atoms with Crippen molar-refractivity contribution >= 4 is 22.6 Å². The molecule has 1 aliphatic heterocycles. The second-order valence-corrected chi connectivity index (χ2v) is 8.66. The standard InChI is InChI=1S/C22H27F3N2O4/c23-22(24,25)15-1-2-17-16(13-15)18-19(31-17)20(29)26-9-11-27(18)10-5-14-3-6-21(30,7-4-14)8-12-28/h1-2,13-14,28,30H,3-12H2,(H,26,29)/t14-,21-. The molecule has 1 aliphatic carbocycles. The first-order chi connectivity index (χ1) is 14.7. The Hall–Kier alpha value is -2.26. The third kappa shape index (κ3) is 4.52. The van der Waals surface area contributed by atoms with Gasteiger partial charge < -0.3 is 24.8 Å². The summed E-state index contributed by atoms with van der Waals surface area (Å²) in [7, 11) is 0. The van der Waals surface area contributed by atoms with Gasteiger partial charge in [-0.15, -0.1) is 0 Å². The lowest BCUT2D eigenvalue weighted by Gasteiger charge is -2.36. The Balaban J connectivity index is 1.56. The highest BCUT2D eigenvalue weighted by Crippen LogP contribution is 2.40. The number of furan rings is 1. The quantitative estimate of drug-likeness (QED) is 0.660. The van der Waals surface area contributed by atoms with E-state index in [1.54, 1.807) is 0 Å². The molecule has 170 valence electrons. The summed E-state index contributed by atoms with van der Waals surface area (Å²) in [6.45, 7) is 1.40. The van der Waals surface area contributed by atoms with Crippen molar-refractivity contribution in [2.45, 2.75) is 50.3 Å². The van der Waals surface area contributed by atoms with E-state index in [1.165, 1.54) is 6.07 Å². The molecule has 6 nitrogen and oxygen atoms in total. The number of hydrogen-bond acceptors (Lipinski definition) is 5. The van der Waals surface area contributed by atoms with Gasteiger partial charge in [-0.25, -0.2) is 0 Å². The minimum absolute atomic E-state index is 0.0355. The molecule has 9 heteroatoms. The average Bonchev–Trinajstić information content (AvgIpc) is 3.02. The molecule has 3 N–H and O–H groups in total. The molecule has 31 heavy (non-hydrogen) atoms. The number of anilines is 1. The number of nitrogens with zero attached hydrogens (tertiary/aromatic N) is 1. The van der Waals surface area contributed by atoms with Crippen molar-refractivity contribution in [3.8, 4) is 0 Å². The highest BCUT2D eigenvalue weighted by Gasteiger charge is 2.35. The molecule has 2 aliphatic rings. The van der Waals surface area contributed by atoms with Crippen LogP contribution in [0.5, 0.6) is 0 Å². The van der Waals surface area contributed by atoms with Crippen LogP contribution < -0.4 is 10.2 Å². The van der Waals surface area contributed by atoms with Crippen molar-refractivity contribution in [1.82, 2.24) is 5.32 Å². The summed E-state index contributed by atoms with van der Waals surface area (Å²) < 4.78 is 45.4. The summed E-state index contributed by atoms with van der Waals surface area (Å²) in [5.74, 6) is 0.0000141. The lowest BCUT2D eigenvalue weighted by atomic mass is 9.76. The van der Waals surface area contributed by atoms with Crippen LogP contribution in [0, 0.1) is 5.92 Å². The Morgan fingerprint density at radius 1 is 1.26 bits per heavy atom. The molecule has 1 saturated carbocycles. The average molecular weight is 440 g/mol. The third-order valence-corrected chi connectivity index (χ3v) is 6.60. The summed E-state index contributed by atoms with van der Waals surface area (Å²) in [5.41, 5.74) is -0.898. The Morgan fingerprint density at radius 3 is 2.68 bits per heavy atom. The number of halogens is 3. The zero-order chi connectivity index (χ0) is 22.2. The molecule has 1 amide bonds.